The average molecular weight is 312 g/mol. The Morgan fingerprint density at radius 1 is 1.30 bits per heavy atom. The fourth-order valence-electron chi connectivity index (χ4n) is 4.36. The third kappa shape index (κ3) is 2.58. The van der Waals surface area contributed by atoms with Crippen molar-refractivity contribution in [3.8, 4) is 11.4 Å². The first-order chi connectivity index (χ1) is 11.2. The first-order valence-electron chi connectivity index (χ1n) is 8.51. The molecule has 1 aliphatic heterocycles. The van der Waals surface area contributed by atoms with Gasteiger partial charge in [-0.25, -0.2) is 0 Å². The predicted octanol–water partition coefficient (Wildman–Crippen LogP) is 2.60. The summed E-state index contributed by atoms with van der Waals surface area (Å²) < 4.78 is 5.40. The second kappa shape index (κ2) is 5.73. The number of benzene rings is 1. The molecule has 0 radical (unpaired) electrons. The normalized spacial score (nSPS) is 28.9. The Bertz CT molecular complexity index is 667. The molecule has 0 spiro atoms. The van der Waals surface area contributed by atoms with Crippen LogP contribution in [0.3, 0.4) is 0 Å². The van der Waals surface area contributed by atoms with Gasteiger partial charge in [-0.2, -0.15) is 4.98 Å². The Morgan fingerprint density at radius 2 is 2.13 bits per heavy atom. The van der Waals surface area contributed by atoms with Crippen LogP contribution in [-0.4, -0.2) is 28.8 Å². The fourth-order valence-corrected chi connectivity index (χ4v) is 4.36. The van der Waals surface area contributed by atoms with Crippen molar-refractivity contribution in [2.24, 2.45) is 11.3 Å². The van der Waals surface area contributed by atoms with Gasteiger partial charge in [0.2, 0.25) is 11.7 Å². The zero-order chi connectivity index (χ0) is 15.9. The lowest BCUT2D eigenvalue weighted by molar-refractivity contribution is -0.0489. The van der Waals surface area contributed by atoms with Gasteiger partial charge in [0.1, 0.15) is 0 Å². The second-order valence-electron chi connectivity index (χ2n) is 7.30. The van der Waals surface area contributed by atoms with Crippen LogP contribution >= 0.6 is 0 Å². The molecule has 2 heterocycles. The smallest absolute Gasteiger partial charge is 0.240 e. The first kappa shape index (κ1) is 14.8. The van der Waals surface area contributed by atoms with Crippen LogP contribution in [-0.2, 0) is 6.54 Å². The van der Waals surface area contributed by atoms with E-state index in [-0.39, 0.29) is 5.41 Å². The molecule has 2 aromatic rings. The largest absolute Gasteiger partial charge is 0.338 e. The Balaban J connectivity index is 1.41. The van der Waals surface area contributed by atoms with Gasteiger partial charge in [0.15, 0.2) is 0 Å². The van der Waals surface area contributed by atoms with E-state index in [0.717, 1.165) is 18.0 Å². The molecule has 2 aliphatic rings. The van der Waals surface area contributed by atoms with Crippen molar-refractivity contribution in [1.82, 2.24) is 20.8 Å². The van der Waals surface area contributed by atoms with Crippen molar-refractivity contribution in [2.75, 3.05) is 6.54 Å². The van der Waals surface area contributed by atoms with Gasteiger partial charge in [0, 0.05) is 17.6 Å². The summed E-state index contributed by atoms with van der Waals surface area (Å²) in [6.45, 7) is 6.47. The van der Waals surface area contributed by atoms with E-state index in [1.807, 2.05) is 30.3 Å². The zero-order valence-corrected chi connectivity index (χ0v) is 13.7. The molecule has 0 bridgehead atoms. The molecule has 4 rings (SSSR count). The van der Waals surface area contributed by atoms with Gasteiger partial charge >= 0.3 is 0 Å². The molecule has 1 saturated carbocycles. The Labute approximate surface area is 136 Å². The van der Waals surface area contributed by atoms with Gasteiger partial charge in [-0.1, -0.05) is 49.3 Å². The summed E-state index contributed by atoms with van der Waals surface area (Å²) in [6.07, 6.45) is 2.58. The molecular weight excluding hydrogens is 288 g/mol. The maximum atomic E-state index is 5.40. The van der Waals surface area contributed by atoms with Crippen LogP contribution in [0.2, 0.25) is 0 Å². The summed E-state index contributed by atoms with van der Waals surface area (Å²) in [4.78, 5) is 4.51. The van der Waals surface area contributed by atoms with Gasteiger partial charge in [-0.05, 0) is 30.7 Å². The number of aromatic nitrogens is 2. The molecule has 3 unspecified atom stereocenters. The van der Waals surface area contributed by atoms with Crippen molar-refractivity contribution in [1.29, 1.82) is 0 Å². The molecule has 1 saturated heterocycles. The van der Waals surface area contributed by atoms with E-state index in [4.69, 9.17) is 4.52 Å². The molecule has 23 heavy (non-hydrogen) atoms. The molecule has 2 N–H and O–H groups in total. The predicted molar refractivity (Wildman–Crippen MR) is 88.7 cm³/mol. The van der Waals surface area contributed by atoms with Gasteiger partial charge in [-0.3, -0.25) is 0 Å². The number of hydrogen-bond acceptors (Lipinski definition) is 5. The number of hydrogen-bond donors (Lipinski definition) is 2. The summed E-state index contributed by atoms with van der Waals surface area (Å²) in [6, 6.07) is 11.1. The van der Waals surface area contributed by atoms with Crippen molar-refractivity contribution in [2.45, 2.75) is 45.3 Å². The number of piperidine rings is 1. The van der Waals surface area contributed by atoms with Crippen LogP contribution in [0.1, 0.15) is 32.6 Å². The van der Waals surface area contributed by atoms with E-state index in [9.17, 15) is 0 Å². The molecular formula is C18H24N4O. The topological polar surface area (TPSA) is 63.0 Å². The SMILES string of the molecule is CC1(C)C2NCCCC2C1NCc1nc(-c2ccccc2)no1. The first-order valence-corrected chi connectivity index (χ1v) is 8.51. The zero-order valence-electron chi connectivity index (χ0n) is 13.7. The van der Waals surface area contributed by atoms with E-state index < -0.39 is 0 Å². The van der Waals surface area contributed by atoms with Crippen LogP contribution in [0.15, 0.2) is 34.9 Å². The number of rotatable bonds is 4. The standard InChI is InChI=1S/C18H24N4O/c1-18(2)15-13(9-6-10-19-15)16(18)20-11-14-21-17(22-23-14)12-7-4-3-5-8-12/h3-5,7-8,13,15-16,19-20H,6,9-11H2,1-2H3. The number of nitrogens with one attached hydrogen (secondary N) is 2. The van der Waals surface area contributed by atoms with E-state index in [1.54, 1.807) is 0 Å². The van der Waals surface area contributed by atoms with E-state index in [2.05, 4.69) is 34.6 Å². The van der Waals surface area contributed by atoms with Gasteiger partial charge in [-0.15, -0.1) is 0 Å². The minimum atomic E-state index is 0.271. The highest BCUT2D eigenvalue weighted by molar-refractivity contribution is 5.53. The minimum absolute atomic E-state index is 0.271. The summed E-state index contributed by atoms with van der Waals surface area (Å²) in [5, 5.41) is 11.4. The molecule has 3 atom stereocenters. The minimum Gasteiger partial charge on any atom is -0.338 e. The van der Waals surface area contributed by atoms with Gasteiger partial charge in [0.05, 0.1) is 6.54 Å². The van der Waals surface area contributed by atoms with Crippen molar-refractivity contribution in [3.05, 3.63) is 36.2 Å². The Hall–Kier alpha value is -1.72. The third-order valence-electron chi connectivity index (χ3n) is 5.51. The maximum Gasteiger partial charge on any atom is 0.240 e. The van der Waals surface area contributed by atoms with Gasteiger partial charge in [0.25, 0.3) is 0 Å². The monoisotopic (exact) mass is 312 g/mol. The molecule has 2 fully saturated rings. The molecule has 1 aliphatic carbocycles. The van der Waals surface area contributed by atoms with Crippen LogP contribution in [0.25, 0.3) is 11.4 Å². The third-order valence-corrected chi connectivity index (χ3v) is 5.51. The van der Waals surface area contributed by atoms with E-state index in [0.29, 0.717) is 30.3 Å². The Morgan fingerprint density at radius 3 is 2.96 bits per heavy atom. The van der Waals surface area contributed by atoms with Gasteiger partial charge < -0.3 is 15.2 Å². The summed E-state index contributed by atoms with van der Waals surface area (Å²) in [5.74, 6) is 2.04. The van der Waals surface area contributed by atoms with Crippen molar-refractivity contribution < 1.29 is 4.52 Å². The second-order valence-corrected chi connectivity index (χ2v) is 7.30. The average Bonchev–Trinajstić information content (AvgIpc) is 3.05. The Kier molecular flexibility index (Phi) is 3.70. The fraction of sp³-hybridized carbons (Fsp3) is 0.556. The highest BCUT2D eigenvalue weighted by atomic mass is 16.5. The quantitative estimate of drug-likeness (QED) is 0.908. The molecule has 0 amide bonds. The van der Waals surface area contributed by atoms with E-state index >= 15 is 0 Å². The van der Waals surface area contributed by atoms with Crippen LogP contribution in [0.5, 0.6) is 0 Å². The molecule has 5 heteroatoms. The number of fused-ring (bicyclic) bond motifs is 1. The molecule has 5 nitrogen and oxygen atoms in total. The lowest BCUT2D eigenvalue weighted by atomic mass is 9.53. The number of nitrogens with zero attached hydrogens (tertiary/aromatic N) is 2. The molecule has 1 aromatic carbocycles. The van der Waals surface area contributed by atoms with Crippen LogP contribution in [0, 0.1) is 11.3 Å². The van der Waals surface area contributed by atoms with Crippen LogP contribution < -0.4 is 10.6 Å². The lowest BCUT2D eigenvalue weighted by Crippen LogP contribution is -2.73. The summed E-state index contributed by atoms with van der Waals surface area (Å²) >= 11 is 0. The summed E-state index contributed by atoms with van der Waals surface area (Å²) in [7, 11) is 0. The van der Waals surface area contributed by atoms with Crippen molar-refractivity contribution in [3.63, 3.8) is 0 Å². The molecule has 1 aromatic heterocycles. The highest BCUT2D eigenvalue weighted by Gasteiger charge is 2.56. The maximum absolute atomic E-state index is 5.40. The lowest BCUT2D eigenvalue weighted by Gasteiger charge is -2.61. The summed E-state index contributed by atoms with van der Waals surface area (Å²) in [5.41, 5.74) is 1.26. The highest BCUT2D eigenvalue weighted by Crippen LogP contribution is 2.49. The van der Waals surface area contributed by atoms with E-state index in [1.165, 1.54) is 12.8 Å². The molecule has 122 valence electrons. The van der Waals surface area contributed by atoms with Crippen LogP contribution in [0.4, 0.5) is 0 Å². The van der Waals surface area contributed by atoms with Crippen molar-refractivity contribution >= 4 is 0 Å².